The molecular weight excluding hydrogens is 288 g/mol. The topological polar surface area (TPSA) is 49.7 Å². The molecule has 23 heavy (non-hydrogen) atoms. The predicted octanol–water partition coefficient (Wildman–Crippen LogP) is 5.58. The van der Waals surface area contributed by atoms with Crippen LogP contribution in [0.15, 0.2) is 0 Å². The first-order valence-corrected chi connectivity index (χ1v) is 10.2. The first-order chi connectivity index (χ1) is 11.3. The first kappa shape index (κ1) is 22.9. The van der Waals surface area contributed by atoms with E-state index < -0.39 is 6.29 Å². The zero-order chi connectivity index (χ0) is 17.0. The SMILES string of the molecule is CCCCCCCCCCCCOC(O)CCCCCCCO. The number of aliphatic hydroxyl groups excluding tert-OH is 2. The molecule has 3 nitrogen and oxygen atoms in total. The number of hydrogen-bond acceptors (Lipinski definition) is 3. The second kappa shape index (κ2) is 19.9. The molecule has 0 aliphatic carbocycles. The van der Waals surface area contributed by atoms with Gasteiger partial charge in [0.25, 0.3) is 0 Å². The molecule has 0 aromatic carbocycles. The third-order valence-corrected chi connectivity index (χ3v) is 4.42. The van der Waals surface area contributed by atoms with Gasteiger partial charge in [-0.3, -0.25) is 0 Å². The van der Waals surface area contributed by atoms with Gasteiger partial charge in [0.2, 0.25) is 0 Å². The van der Waals surface area contributed by atoms with Gasteiger partial charge in [0.1, 0.15) is 0 Å². The standard InChI is InChI=1S/C20H42O3/c1-2-3-4-5-6-7-8-9-13-16-19-23-20(22)17-14-11-10-12-15-18-21/h20-22H,2-19H2,1H3. The van der Waals surface area contributed by atoms with E-state index in [1.165, 1.54) is 57.8 Å². The van der Waals surface area contributed by atoms with Gasteiger partial charge in [-0.25, -0.2) is 0 Å². The number of ether oxygens (including phenoxy) is 1. The van der Waals surface area contributed by atoms with Gasteiger partial charge in [-0.15, -0.1) is 0 Å². The molecule has 0 aromatic heterocycles. The van der Waals surface area contributed by atoms with Crippen LogP contribution in [0, 0.1) is 0 Å². The maximum absolute atomic E-state index is 9.73. The average molecular weight is 331 g/mol. The number of hydrogen-bond donors (Lipinski definition) is 2. The minimum atomic E-state index is -0.577. The Labute approximate surface area is 144 Å². The molecule has 2 N–H and O–H groups in total. The number of rotatable bonds is 19. The van der Waals surface area contributed by atoms with Crippen LogP contribution in [-0.2, 0) is 4.74 Å². The Balaban J connectivity index is 3.10. The molecule has 0 rings (SSSR count). The van der Waals surface area contributed by atoms with Gasteiger partial charge in [-0.1, -0.05) is 84.0 Å². The van der Waals surface area contributed by atoms with Gasteiger partial charge >= 0.3 is 0 Å². The van der Waals surface area contributed by atoms with Crippen LogP contribution in [0.2, 0.25) is 0 Å². The molecule has 0 saturated carbocycles. The first-order valence-electron chi connectivity index (χ1n) is 10.2. The smallest absolute Gasteiger partial charge is 0.154 e. The average Bonchev–Trinajstić information content (AvgIpc) is 2.56. The summed E-state index contributed by atoms with van der Waals surface area (Å²) >= 11 is 0. The van der Waals surface area contributed by atoms with E-state index in [0.29, 0.717) is 13.2 Å². The summed E-state index contributed by atoms with van der Waals surface area (Å²) in [6, 6.07) is 0. The normalized spacial score (nSPS) is 12.7. The van der Waals surface area contributed by atoms with Crippen molar-refractivity contribution >= 4 is 0 Å². The van der Waals surface area contributed by atoms with Crippen LogP contribution in [0.5, 0.6) is 0 Å². The third kappa shape index (κ3) is 19.8. The fourth-order valence-electron chi connectivity index (χ4n) is 2.85. The Kier molecular flexibility index (Phi) is 19.8. The molecule has 0 aliphatic heterocycles. The quantitative estimate of drug-likeness (QED) is 0.240. The minimum absolute atomic E-state index is 0.296. The van der Waals surface area contributed by atoms with Crippen molar-refractivity contribution in [1.29, 1.82) is 0 Å². The fraction of sp³-hybridized carbons (Fsp3) is 1.00. The van der Waals surface area contributed by atoms with Crippen molar-refractivity contribution < 1.29 is 14.9 Å². The Morgan fingerprint density at radius 2 is 1.13 bits per heavy atom. The van der Waals surface area contributed by atoms with Crippen LogP contribution < -0.4 is 0 Å². The van der Waals surface area contributed by atoms with E-state index in [1.807, 2.05) is 0 Å². The lowest BCUT2D eigenvalue weighted by Gasteiger charge is -2.11. The summed E-state index contributed by atoms with van der Waals surface area (Å²) < 4.78 is 5.46. The number of aliphatic hydroxyl groups is 2. The molecule has 1 atom stereocenters. The lowest BCUT2D eigenvalue weighted by atomic mass is 10.1. The molecule has 0 saturated heterocycles. The van der Waals surface area contributed by atoms with E-state index in [-0.39, 0.29) is 0 Å². The Morgan fingerprint density at radius 1 is 0.652 bits per heavy atom. The molecule has 0 spiro atoms. The zero-order valence-corrected chi connectivity index (χ0v) is 15.6. The Bertz CT molecular complexity index is 209. The molecule has 0 amide bonds. The largest absolute Gasteiger partial charge is 0.396 e. The molecule has 0 aromatic rings. The highest BCUT2D eigenvalue weighted by Gasteiger charge is 2.03. The molecule has 3 heteroatoms. The van der Waals surface area contributed by atoms with E-state index in [2.05, 4.69) is 6.92 Å². The molecule has 0 bridgehead atoms. The van der Waals surface area contributed by atoms with Gasteiger partial charge < -0.3 is 14.9 Å². The van der Waals surface area contributed by atoms with Crippen molar-refractivity contribution in [2.45, 2.75) is 116 Å². The highest BCUT2D eigenvalue weighted by Crippen LogP contribution is 2.11. The van der Waals surface area contributed by atoms with Crippen LogP contribution in [-0.4, -0.2) is 29.7 Å². The monoisotopic (exact) mass is 330 g/mol. The molecule has 0 heterocycles. The van der Waals surface area contributed by atoms with Crippen LogP contribution in [0.25, 0.3) is 0 Å². The van der Waals surface area contributed by atoms with Crippen LogP contribution in [0.1, 0.15) is 110 Å². The molecule has 0 aliphatic rings. The van der Waals surface area contributed by atoms with E-state index in [9.17, 15) is 5.11 Å². The summed E-state index contributed by atoms with van der Waals surface area (Å²) in [6.07, 6.45) is 18.7. The predicted molar refractivity (Wildman–Crippen MR) is 98.6 cm³/mol. The van der Waals surface area contributed by atoms with Crippen molar-refractivity contribution in [3.8, 4) is 0 Å². The Hall–Kier alpha value is -0.120. The van der Waals surface area contributed by atoms with Gasteiger partial charge in [-0.05, 0) is 25.7 Å². The van der Waals surface area contributed by atoms with Crippen LogP contribution in [0.3, 0.4) is 0 Å². The maximum atomic E-state index is 9.73. The van der Waals surface area contributed by atoms with Gasteiger partial charge in [0.05, 0.1) is 0 Å². The van der Waals surface area contributed by atoms with Gasteiger partial charge in [0, 0.05) is 13.2 Å². The van der Waals surface area contributed by atoms with Crippen molar-refractivity contribution in [1.82, 2.24) is 0 Å². The second-order valence-electron chi connectivity index (χ2n) is 6.79. The Morgan fingerprint density at radius 3 is 1.70 bits per heavy atom. The van der Waals surface area contributed by atoms with E-state index in [0.717, 1.165) is 44.9 Å². The highest BCUT2D eigenvalue weighted by molar-refractivity contribution is 4.50. The van der Waals surface area contributed by atoms with Gasteiger partial charge in [0.15, 0.2) is 6.29 Å². The maximum Gasteiger partial charge on any atom is 0.154 e. The van der Waals surface area contributed by atoms with Crippen molar-refractivity contribution in [3.05, 3.63) is 0 Å². The summed E-state index contributed by atoms with van der Waals surface area (Å²) in [5.74, 6) is 0. The fourth-order valence-corrected chi connectivity index (χ4v) is 2.85. The summed E-state index contributed by atoms with van der Waals surface area (Å²) in [5, 5.41) is 18.4. The van der Waals surface area contributed by atoms with Crippen LogP contribution >= 0.6 is 0 Å². The van der Waals surface area contributed by atoms with E-state index >= 15 is 0 Å². The van der Waals surface area contributed by atoms with Crippen molar-refractivity contribution in [2.75, 3.05) is 13.2 Å². The zero-order valence-electron chi connectivity index (χ0n) is 15.6. The molecule has 140 valence electrons. The van der Waals surface area contributed by atoms with E-state index in [4.69, 9.17) is 9.84 Å². The lowest BCUT2D eigenvalue weighted by molar-refractivity contribution is -0.105. The van der Waals surface area contributed by atoms with Crippen molar-refractivity contribution in [3.63, 3.8) is 0 Å². The minimum Gasteiger partial charge on any atom is -0.396 e. The molecular formula is C20H42O3. The summed E-state index contributed by atoms with van der Waals surface area (Å²) in [7, 11) is 0. The molecule has 0 radical (unpaired) electrons. The van der Waals surface area contributed by atoms with E-state index in [1.54, 1.807) is 0 Å². The third-order valence-electron chi connectivity index (χ3n) is 4.42. The van der Waals surface area contributed by atoms with Crippen molar-refractivity contribution in [2.24, 2.45) is 0 Å². The summed E-state index contributed by atoms with van der Waals surface area (Å²) in [6.45, 7) is 3.26. The van der Waals surface area contributed by atoms with Gasteiger partial charge in [-0.2, -0.15) is 0 Å². The molecule has 0 fully saturated rings. The number of unbranched alkanes of at least 4 members (excludes halogenated alkanes) is 13. The van der Waals surface area contributed by atoms with Crippen LogP contribution in [0.4, 0.5) is 0 Å². The molecule has 1 unspecified atom stereocenters. The second-order valence-corrected chi connectivity index (χ2v) is 6.79. The lowest BCUT2D eigenvalue weighted by Crippen LogP contribution is -2.12. The highest BCUT2D eigenvalue weighted by atomic mass is 16.6. The summed E-state index contributed by atoms with van der Waals surface area (Å²) in [4.78, 5) is 0. The summed E-state index contributed by atoms with van der Waals surface area (Å²) in [5.41, 5.74) is 0.